The summed E-state index contributed by atoms with van der Waals surface area (Å²) in [5, 5.41) is 2.52. The second-order valence-corrected chi connectivity index (χ2v) is 6.49. The highest BCUT2D eigenvalue weighted by molar-refractivity contribution is 7.92. The summed E-state index contributed by atoms with van der Waals surface area (Å²) in [7, 11) is -3.67. The summed E-state index contributed by atoms with van der Waals surface area (Å²) >= 11 is 0. The first-order valence-corrected chi connectivity index (χ1v) is 8.32. The Kier molecular flexibility index (Phi) is 5.81. The standard InChI is InChI=1S/C13H17F3N2O3S/c1-3-12(19)17-8-9-18(22(2,20)21)11-6-4-10(5-7-11)13(14,15)16/h4-7H,3,8-9H2,1-2H3,(H,17,19). The van der Waals surface area contributed by atoms with Crippen LogP contribution in [0, 0.1) is 0 Å². The second kappa shape index (κ2) is 6.99. The first-order chi connectivity index (χ1) is 10.1. The Labute approximate surface area is 127 Å². The number of carbonyl (C=O) groups is 1. The molecular formula is C13H17F3N2O3S. The number of hydrogen-bond donors (Lipinski definition) is 1. The van der Waals surface area contributed by atoms with Gasteiger partial charge in [-0.15, -0.1) is 0 Å². The molecule has 0 aliphatic rings. The van der Waals surface area contributed by atoms with Gasteiger partial charge in [0.25, 0.3) is 0 Å². The molecule has 0 saturated heterocycles. The highest BCUT2D eigenvalue weighted by atomic mass is 32.2. The van der Waals surface area contributed by atoms with Gasteiger partial charge in [0.1, 0.15) is 0 Å². The van der Waals surface area contributed by atoms with Gasteiger partial charge in [0, 0.05) is 13.0 Å². The third kappa shape index (κ3) is 5.21. The van der Waals surface area contributed by atoms with E-state index < -0.39 is 21.8 Å². The molecule has 22 heavy (non-hydrogen) atoms. The van der Waals surface area contributed by atoms with E-state index in [0.717, 1.165) is 34.8 Å². The monoisotopic (exact) mass is 338 g/mol. The number of carbonyl (C=O) groups excluding carboxylic acids is 1. The van der Waals surface area contributed by atoms with Crippen molar-refractivity contribution in [2.45, 2.75) is 19.5 Å². The molecule has 0 bridgehead atoms. The van der Waals surface area contributed by atoms with Gasteiger partial charge in [0.2, 0.25) is 15.9 Å². The Hall–Kier alpha value is -1.77. The molecule has 0 aromatic heterocycles. The molecule has 1 amide bonds. The van der Waals surface area contributed by atoms with E-state index >= 15 is 0 Å². The number of alkyl halides is 3. The zero-order valence-electron chi connectivity index (χ0n) is 12.1. The Bertz CT molecular complexity index is 612. The van der Waals surface area contributed by atoms with Gasteiger partial charge >= 0.3 is 6.18 Å². The van der Waals surface area contributed by atoms with Gasteiger partial charge in [-0.1, -0.05) is 6.92 Å². The van der Waals surface area contributed by atoms with E-state index in [4.69, 9.17) is 0 Å². The van der Waals surface area contributed by atoms with Crippen LogP contribution in [0.5, 0.6) is 0 Å². The molecule has 0 aliphatic carbocycles. The van der Waals surface area contributed by atoms with Gasteiger partial charge in [0.05, 0.1) is 24.1 Å². The van der Waals surface area contributed by atoms with E-state index in [2.05, 4.69) is 5.32 Å². The molecule has 0 radical (unpaired) electrons. The van der Waals surface area contributed by atoms with Crippen molar-refractivity contribution in [3.8, 4) is 0 Å². The van der Waals surface area contributed by atoms with E-state index in [1.807, 2.05) is 0 Å². The van der Waals surface area contributed by atoms with Crippen LogP contribution >= 0.6 is 0 Å². The number of benzene rings is 1. The normalized spacial score (nSPS) is 12.0. The number of rotatable bonds is 6. The highest BCUT2D eigenvalue weighted by Gasteiger charge is 2.30. The van der Waals surface area contributed by atoms with Gasteiger partial charge in [-0.05, 0) is 24.3 Å². The van der Waals surface area contributed by atoms with Crippen LogP contribution in [0.15, 0.2) is 24.3 Å². The molecule has 1 N–H and O–H groups in total. The average Bonchev–Trinajstić information content (AvgIpc) is 2.41. The van der Waals surface area contributed by atoms with Crippen molar-refractivity contribution in [3.63, 3.8) is 0 Å². The Morgan fingerprint density at radius 1 is 1.23 bits per heavy atom. The number of hydrogen-bond acceptors (Lipinski definition) is 3. The lowest BCUT2D eigenvalue weighted by atomic mass is 10.2. The number of amides is 1. The fraction of sp³-hybridized carbons (Fsp3) is 0.462. The third-order valence-corrected chi connectivity index (χ3v) is 4.04. The predicted molar refractivity (Wildman–Crippen MR) is 76.9 cm³/mol. The lowest BCUT2D eigenvalue weighted by Gasteiger charge is -2.23. The van der Waals surface area contributed by atoms with Gasteiger partial charge < -0.3 is 5.32 Å². The summed E-state index contributed by atoms with van der Waals surface area (Å²) in [6.45, 7) is 1.66. The van der Waals surface area contributed by atoms with Crippen molar-refractivity contribution >= 4 is 21.6 Å². The SMILES string of the molecule is CCC(=O)NCCN(c1ccc(C(F)(F)F)cc1)S(C)(=O)=O. The van der Waals surface area contributed by atoms with Crippen LogP contribution in [0.2, 0.25) is 0 Å². The molecule has 0 spiro atoms. The maximum atomic E-state index is 12.5. The molecule has 1 aromatic carbocycles. The maximum absolute atomic E-state index is 12.5. The van der Waals surface area contributed by atoms with Crippen molar-refractivity contribution in [2.24, 2.45) is 0 Å². The Morgan fingerprint density at radius 3 is 2.18 bits per heavy atom. The van der Waals surface area contributed by atoms with Crippen LogP contribution in [-0.4, -0.2) is 33.7 Å². The minimum absolute atomic E-state index is 0.0596. The molecule has 5 nitrogen and oxygen atoms in total. The molecule has 0 unspecified atom stereocenters. The molecule has 1 rings (SSSR count). The lowest BCUT2D eigenvalue weighted by Crippen LogP contribution is -2.38. The number of halogens is 3. The molecule has 0 fully saturated rings. The quantitative estimate of drug-likeness (QED) is 0.863. The highest BCUT2D eigenvalue weighted by Crippen LogP contribution is 2.30. The number of nitrogens with zero attached hydrogens (tertiary/aromatic N) is 1. The summed E-state index contributed by atoms with van der Waals surface area (Å²) in [6, 6.07) is 3.81. The summed E-state index contributed by atoms with van der Waals surface area (Å²) < 4.78 is 62.0. The topological polar surface area (TPSA) is 66.5 Å². The van der Waals surface area contributed by atoms with Crippen molar-refractivity contribution in [1.82, 2.24) is 5.32 Å². The van der Waals surface area contributed by atoms with Crippen LogP contribution in [0.1, 0.15) is 18.9 Å². The zero-order chi connectivity index (χ0) is 17.0. The fourth-order valence-electron chi connectivity index (χ4n) is 1.72. The zero-order valence-corrected chi connectivity index (χ0v) is 13.0. The second-order valence-electron chi connectivity index (χ2n) is 4.58. The maximum Gasteiger partial charge on any atom is 0.416 e. The lowest BCUT2D eigenvalue weighted by molar-refractivity contribution is -0.137. The van der Waals surface area contributed by atoms with Crippen LogP contribution in [0.25, 0.3) is 0 Å². The Balaban J connectivity index is 2.91. The minimum atomic E-state index is -4.48. The molecule has 0 atom stereocenters. The van der Waals surface area contributed by atoms with Gasteiger partial charge in [0.15, 0.2) is 0 Å². The number of nitrogens with one attached hydrogen (secondary N) is 1. The summed E-state index contributed by atoms with van der Waals surface area (Å²) in [4.78, 5) is 11.1. The third-order valence-electron chi connectivity index (χ3n) is 2.84. The van der Waals surface area contributed by atoms with Crippen molar-refractivity contribution in [2.75, 3.05) is 23.7 Å². The predicted octanol–water partition coefficient (Wildman–Crippen LogP) is 2.00. The van der Waals surface area contributed by atoms with E-state index in [1.165, 1.54) is 0 Å². The van der Waals surface area contributed by atoms with Crippen LogP contribution in [-0.2, 0) is 21.0 Å². The molecule has 9 heteroatoms. The van der Waals surface area contributed by atoms with E-state index in [1.54, 1.807) is 6.92 Å². The van der Waals surface area contributed by atoms with Crippen molar-refractivity contribution < 1.29 is 26.4 Å². The molecule has 0 heterocycles. The van der Waals surface area contributed by atoms with Crippen LogP contribution in [0.3, 0.4) is 0 Å². The molecule has 0 aliphatic heterocycles. The first kappa shape index (κ1) is 18.3. The van der Waals surface area contributed by atoms with Gasteiger partial charge in [-0.3, -0.25) is 9.10 Å². The smallest absolute Gasteiger partial charge is 0.354 e. The van der Waals surface area contributed by atoms with Crippen LogP contribution < -0.4 is 9.62 Å². The molecule has 124 valence electrons. The Morgan fingerprint density at radius 2 is 1.77 bits per heavy atom. The number of anilines is 1. The van der Waals surface area contributed by atoms with Gasteiger partial charge in [-0.2, -0.15) is 13.2 Å². The average molecular weight is 338 g/mol. The van der Waals surface area contributed by atoms with E-state index in [0.29, 0.717) is 0 Å². The van der Waals surface area contributed by atoms with E-state index in [-0.39, 0.29) is 31.1 Å². The molecular weight excluding hydrogens is 321 g/mol. The largest absolute Gasteiger partial charge is 0.416 e. The van der Waals surface area contributed by atoms with E-state index in [9.17, 15) is 26.4 Å². The summed E-state index contributed by atoms with van der Waals surface area (Å²) in [6.07, 6.45) is -3.27. The van der Waals surface area contributed by atoms with Gasteiger partial charge in [-0.25, -0.2) is 8.42 Å². The molecule has 0 saturated carbocycles. The van der Waals surface area contributed by atoms with Crippen LogP contribution in [0.4, 0.5) is 18.9 Å². The first-order valence-electron chi connectivity index (χ1n) is 6.47. The minimum Gasteiger partial charge on any atom is -0.354 e. The number of sulfonamides is 1. The van der Waals surface area contributed by atoms with Crippen molar-refractivity contribution in [1.29, 1.82) is 0 Å². The van der Waals surface area contributed by atoms with Crippen molar-refractivity contribution in [3.05, 3.63) is 29.8 Å². The summed E-state index contributed by atoms with van der Waals surface area (Å²) in [5.41, 5.74) is -0.745. The summed E-state index contributed by atoms with van der Waals surface area (Å²) in [5.74, 6) is -0.235. The fourth-order valence-corrected chi connectivity index (χ4v) is 2.65. The molecule has 1 aromatic rings.